The normalized spacial score (nSPS) is 11.5. The molecule has 6 heteroatoms. The van der Waals surface area contributed by atoms with Crippen molar-refractivity contribution in [2.75, 3.05) is 4.72 Å². The van der Waals surface area contributed by atoms with Gasteiger partial charge in [0.2, 0.25) is 0 Å². The Bertz CT molecular complexity index is 1330. The van der Waals surface area contributed by atoms with E-state index in [-0.39, 0.29) is 10.6 Å². The highest BCUT2D eigenvalue weighted by Gasteiger charge is 2.20. The van der Waals surface area contributed by atoms with Gasteiger partial charge in [0.1, 0.15) is 5.75 Å². The minimum Gasteiger partial charge on any atom is -0.506 e. The summed E-state index contributed by atoms with van der Waals surface area (Å²) in [5.74, 6) is 0.133. The van der Waals surface area contributed by atoms with Crippen LogP contribution in [0.2, 0.25) is 0 Å². The van der Waals surface area contributed by atoms with Crippen molar-refractivity contribution in [2.45, 2.75) is 28.5 Å². The standard InChI is InChI=1S/C24H21NO3S2/c1-16-12-13-17(2)23(14-16)30(27,28)25-21-15-22(29-18-8-4-3-5-9-18)24(26)20-11-7-6-10-19(20)21/h3-15,25-26H,1-2H3. The molecule has 0 aromatic heterocycles. The predicted molar refractivity (Wildman–Crippen MR) is 123 cm³/mol. The summed E-state index contributed by atoms with van der Waals surface area (Å²) in [7, 11) is -3.80. The number of sulfonamides is 1. The number of nitrogens with one attached hydrogen (secondary N) is 1. The molecule has 0 spiro atoms. The van der Waals surface area contributed by atoms with Crippen molar-refractivity contribution in [2.24, 2.45) is 0 Å². The second kappa shape index (κ2) is 8.05. The summed E-state index contributed by atoms with van der Waals surface area (Å²) in [6, 6.07) is 23.9. The van der Waals surface area contributed by atoms with Gasteiger partial charge in [-0.3, -0.25) is 4.72 Å². The molecule has 0 fully saturated rings. The minimum absolute atomic E-state index is 0.133. The fourth-order valence-electron chi connectivity index (χ4n) is 3.31. The lowest BCUT2D eigenvalue weighted by atomic mass is 10.1. The lowest BCUT2D eigenvalue weighted by molar-refractivity contribution is 0.469. The number of anilines is 1. The molecule has 0 amide bonds. The van der Waals surface area contributed by atoms with Crippen molar-refractivity contribution in [3.63, 3.8) is 0 Å². The van der Waals surface area contributed by atoms with Gasteiger partial charge in [0.05, 0.1) is 15.5 Å². The van der Waals surface area contributed by atoms with Crippen molar-refractivity contribution in [1.82, 2.24) is 0 Å². The molecule has 0 saturated heterocycles. The number of aryl methyl sites for hydroxylation is 2. The van der Waals surface area contributed by atoms with E-state index in [1.54, 1.807) is 37.3 Å². The molecule has 0 bridgehead atoms. The average Bonchev–Trinajstić information content (AvgIpc) is 2.74. The van der Waals surface area contributed by atoms with Crippen LogP contribution in [-0.2, 0) is 10.0 Å². The van der Waals surface area contributed by atoms with Crippen molar-refractivity contribution in [3.8, 4) is 5.75 Å². The maximum atomic E-state index is 13.2. The van der Waals surface area contributed by atoms with Gasteiger partial charge in [-0.05, 0) is 49.2 Å². The Labute approximate surface area is 180 Å². The molecule has 30 heavy (non-hydrogen) atoms. The van der Waals surface area contributed by atoms with Crippen LogP contribution >= 0.6 is 11.8 Å². The molecule has 0 aliphatic carbocycles. The van der Waals surface area contributed by atoms with Crippen LogP contribution in [0, 0.1) is 13.8 Å². The molecule has 152 valence electrons. The predicted octanol–water partition coefficient (Wildman–Crippen LogP) is 6.11. The summed E-state index contributed by atoms with van der Waals surface area (Å²) in [6.07, 6.45) is 0. The van der Waals surface area contributed by atoms with Crippen LogP contribution in [0.3, 0.4) is 0 Å². The van der Waals surface area contributed by atoms with E-state index in [9.17, 15) is 13.5 Å². The monoisotopic (exact) mass is 435 g/mol. The minimum atomic E-state index is -3.80. The van der Waals surface area contributed by atoms with Crippen LogP contribution in [0.4, 0.5) is 5.69 Å². The molecule has 4 rings (SSSR count). The number of phenols is 1. The highest BCUT2D eigenvalue weighted by atomic mass is 32.2. The van der Waals surface area contributed by atoms with Gasteiger partial charge in [0.25, 0.3) is 10.0 Å². The lowest BCUT2D eigenvalue weighted by Crippen LogP contribution is -2.15. The van der Waals surface area contributed by atoms with Crippen LogP contribution < -0.4 is 4.72 Å². The van der Waals surface area contributed by atoms with Crippen LogP contribution in [-0.4, -0.2) is 13.5 Å². The number of rotatable bonds is 5. The Morgan fingerprint density at radius 1 is 0.833 bits per heavy atom. The summed E-state index contributed by atoms with van der Waals surface area (Å²) < 4.78 is 29.1. The number of phenolic OH excluding ortho intramolecular Hbond substituents is 1. The van der Waals surface area contributed by atoms with Crippen LogP contribution in [0.1, 0.15) is 11.1 Å². The Hall–Kier alpha value is -2.96. The molecule has 0 saturated carbocycles. The molecule has 0 aliphatic rings. The average molecular weight is 436 g/mol. The molecular formula is C24H21NO3S2. The van der Waals surface area contributed by atoms with Crippen molar-refractivity contribution in [1.29, 1.82) is 0 Å². The number of fused-ring (bicyclic) bond motifs is 1. The van der Waals surface area contributed by atoms with E-state index in [1.807, 2.05) is 55.5 Å². The van der Waals surface area contributed by atoms with E-state index in [4.69, 9.17) is 0 Å². The van der Waals surface area contributed by atoms with Crippen LogP contribution in [0.15, 0.2) is 93.5 Å². The Morgan fingerprint density at radius 3 is 2.23 bits per heavy atom. The van der Waals surface area contributed by atoms with E-state index < -0.39 is 10.0 Å². The third kappa shape index (κ3) is 4.01. The summed E-state index contributed by atoms with van der Waals surface area (Å²) in [6.45, 7) is 3.64. The quantitative estimate of drug-likeness (QED) is 0.371. The maximum absolute atomic E-state index is 13.2. The zero-order valence-corrected chi connectivity index (χ0v) is 18.2. The Balaban J connectivity index is 1.84. The lowest BCUT2D eigenvalue weighted by Gasteiger charge is -2.16. The number of hydrogen-bond donors (Lipinski definition) is 2. The zero-order chi connectivity index (χ0) is 21.3. The first-order chi connectivity index (χ1) is 14.3. The molecule has 0 unspecified atom stereocenters. The molecule has 4 aromatic rings. The van der Waals surface area contributed by atoms with E-state index in [1.165, 1.54) is 11.8 Å². The highest BCUT2D eigenvalue weighted by Crippen LogP contribution is 2.43. The van der Waals surface area contributed by atoms with Crippen LogP contribution in [0.25, 0.3) is 10.8 Å². The third-order valence-corrected chi connectivity index (χ3v) is 7.38. The Morgan fingerprint density at radius 2 is 1.50 bits per heavy atom. The third-order valence-electron chi connectivity index (χ3n) is 4.83. The van der Waals surface area contributed by atoms with Crippen molar-refractivity contribution < 1.29 is 13.5 Å². The summed E-state index contributed by atoms with van der Waals surface area (Å²) in [5.41, 5.74) is 1.98. The van der Waals surface area contributed by atoms with E-state index in [0.29, 0.717) is 26.9 Å². The molecule has 4 nitrogen and oxygen atoms in total. The van der Waals surface area contributed by atoms with Gasteiger partial charge >= 0.3 is 0 Å². The summed E-state index contributed by atoms with van der Waals surface area (Å²) >= 11 is 1.39. The number of aromatic hydroxyl groups is 1. The topological polar surface area (TPSA) is 66.4 Å². The molecular weight excluding hydrogens is 414 g/mol. The van der Waals surface area contributed by atoms with Gasteiger partial charge in [-0.2, -0.15) is 0 Å². The molecule has 0 atom stereocenters. The molecule has 0 radical (unpaired) electrons. The van der Waals surface area contributed by atoms with Crippen LogP contribution in [0.5, 0.6) is 5.75 Å². The van der Waals surface area contributed by atoms with E-state index in [2.05, 4.69) is 4.72 Å². The SMILES string of the molecule is Cc1ccc(C)c(S(=O)(=O)Nc2cc(Sc3ccccc3)c(O)c3ccccc23)c1. The van der Waals surface area contributed by atoms with E-state index >= 15 is 0 Å². The molecule has 4 aromatic carbocycles. The second-order valence-electron chi connectivity index (χ2n) is 7.11. The zero-order valence-electron chi connectivity index (χ0n) is 16.6. The molecule has 2 N–H and O–H groups in total. The fourth-order valence-corrected chi connectivity index (χ4v) is 5.64. The summed E-state index contributed by atoms with van der Waals surface area (Å²) in [4.78, 5) is 1.78. The first-order valence-corrected chi connectivity index (χ1v) is 11.7. The van der Waals surface area contributed by atoms with Gasteiger partial charge in [0, 0.05) is 15.7 Å². The van der Waals surface area contributed by atoms with Gasteiger partial charge in [-0.15, -0.1) is 0 Å². The van der Waals surface area contributed by atoms with Gasteiger partial charge in [-0.1, -0.05) is 66.4 Å². The molecule has 0 aliphatic heterocycles. The van der Waals surface area contributed by atoms with Gasteiger partial charge in [-0.25, -0.2) is 8.42 Å². The van der Waals surface area contributed by atoms with Gasteiger partial charge in [0.15, 0.2) is 0 Å². The van der Waals surface area contributed by atoms with Gasteiger partial charge < -0.3 is 5.11 Å². The van der Waals surface area contributed by atoms with E-state index in [0.717, 1.165) is 10.5 Å². The maximum Gasteiger partial charge on any atom is 0.262 e. The first kappa shape index (κ1) is 20.3. The fraction of sp³-hybridized carbons (Fsp3) is 0.0833. The van der Waals surface area contributed by atoms with Crippen molar-refractivity contribution >= 4 is 38.2 Å². The number of benzene rings is 4. The number of hydrogen-bond acceptors (Lipinski definition) is 4. The molecule has 0 heterocycles. The largest absolute Gasteiger partial charge is 0.506 e. The summed E-state index contributed by atoms with van der Waals surface area (Å²) in [5, 5.41) is 12.1. The highest BCUT2D eigenvalue weighted by molar-refractivity contribution is 7.99. The first-order valence-electron chi connectivity index (χ1n) is 9.43. The second-order valence-corrected chi connectivity index (χ2v) is 9.87. The van der Waals surface area contributed by atoms with Crippen molar-refractivity contribution in [3.05, 3.63) is 90.0 Å². The smallest absolute Gasteiger partial charge is 0.262 e. The Kier molecular flexibility index (Phi) is 5.45.